The van der Waals surface area contributed by atoms with Crippen molar-refractivity contribution in [1.82, 2.24) is 0 Å². The highest BCUT2D eigenvalue weighted by molar-refractivity contribution is 5.37. The van der Waals surface area contributed by atoms with Gasteiger partial charge in [0.15, 0.2) is 0 Å². The van der Waals surface area contributed by atoms with E-state index in [4.69, 9.17) is 0 Å². The van der Waals surface area contributed by atoms with Crippen molar-refractivity contribution in [2.75, 3.05) is 0 Å². The molecule has 1 aromatic rings. The number of phenols is 1. The summed E-state index contributed by atoms with van der Waals surface area (Å²) in [5.74, 6) is 0.875. The lowest BCUT2D eigenvalue weighted by Gasteiger charge is -2.11. The van der Waals surface area contributed by atoms with E-state index in [2.05, 4.69) is 19.9 Å². The van der Waals surface area contributed by atoms with Gasteiger partial charge in [-0.3, -0.25) is 0 Å². The molecule has 0 bridgehead atoms. The Kier molecular flexibility index (Phi) is 2.74. The van der Waals surface area contributed by atoms with Crippen LogP contribution in [0.5, 0.6) is 5.75 Å². The van der Waals surface area contributed by atoms with E-state index in [1.54, 1.807) is 6.07 Å². The number of aromatic hydroxyl groups is 1. The van der Waals surface area contributed by atoms with Gasteiger partial charge in [0.25, 0.3) is 0 Å². The minimum absolute atomic E-state index is 0.426. The Bertz CT molecular complexity index is 266. The number of hydrogen-bond acceptors (Lipinski definition) is 1. The largest absolute Gasteiger partial charge is 0.508 e. The SMILES string of the molecule is CCC(C)c1cc(C)ccc1O. The van der Waals surface area contributed by atoms with Crippen molar-refractivity contribution < 1.29 is 5.11 Å². The Morgan fingerprint density at radius 3 is 2.67 bits per heavy atom. The van der Waals surface area contributed by atoms with Crippen molar-refractivity contribution in [2.45, 2.75) is 33.1 Å². The van der Waals surface area contributed by atoms with E-state index < -0.39 is 0 Å². The predicted molar refractivity (Wildman–Crippen MR) is 51.5 cm³/mol. The third kappa shape index (κ3) is 1.79. The minimum atomic E-state index is 0.426. The van der Waals surface area contributed by atoms with Crippen LogP contribution >= 0.6 is 0 Å². The summed E-state index contributed by atoms with van der Waals surface area (Å²) in [6.45, 7) is 6.31. The van der Waals surface area contributed by atoms with E-state index in [1.165, 1.54) is 5.56 Å². The highest BCUT2D eigenvalue weighted by Crippen LogP contribution is 2.28. The molecule has 66 valence electrons. The van der Waals surface area contributed by atoms with Crippen molar-refractivity contribution in [3.05, 3.63) is 29.3 Å². The summed E-state index contributed by atoms with van der Waals surface area (Å²) in [7, 11) is 0. The second-order valence-electron chi connectivity index (χ2n) is 3.37. The molecule has 0 aliphatic carbocycles. The van der Waals surface area contributed by atoms with Crippen LogP contribution in [0, 0.1) is 6.92 Å². The van der Waals surface area contributed by atoms with E-state index in [1.807, 2.05) is 13.0 Å². The van der Waals surface area contributed by atoms with Gasteiger partial charge in [0.05, 0.1) is 0 Å². The number of aryl methyl sites for hydroxylation is 1. The maximum atomic E-state index is 9.54. The van der Waals surface area contributed by atoms with Crippen LogP contribution in [0.3, 0.4) is 0 Å². The standard InChI is InChI=1S/C11H16O/c1-4-9(3)10-7-8(2)5-6-11(10)12/h5-7,9,12H,4H2,1-3H3. The van der Waals surface area contributed by atoms with Gasteiger partial charge < -0.3 is 5.11 Å². The summed E-state index contributed by atoms with van der Waals surface area (Å²) >= 11 is 0. The molecule has 1 nitrogen and oxygen atoms in total. The molecule has 0 fully saturated rings. The van der Waals surface area contributed by atoms with E-state index >= 15 is 0 Å². The van der Waals surface area contributed by atoms with Gasteiger partial charge in [-0.15, -0.1) is 0 Å². The zero-order chi connectivity index (χ0) is 9.14. The van der Waals surface area contributed by atoms with Gasteiger partial charge in [0, 0.05) is 0 Å². The van der Waals surface area contributed by atoms with Gasteiger partial charge >= 0.3 is 0 Å². The number of benzene rings is 1. The first-order valence-corrected chi connectivity index (χ1v) is 4.44. The summed E-state index contributed by atoms with van der Waals surface area (Å²) in [5, 5.41) is 9.54. The van der Waals surface area contributed by atoms with Crippen LogP contribution in [-0.4, -0.2) is 5.11 Å². The monoisotopic (exact) mass is 164 g/mol. The first-order chi connectivity index (χ1) is 5.65. The highest BCUT2D eigenvalue weighted by Gasteiger charge is 2.07. The Labute approximate surface area is 74.1 Å². The summed E-state index contributed by atoms with van der Waals surface area (Å²) in [4.78, 5) is 0. The lowest BCUT2D eigenvalue weighted by atomic mass is 9.96. The molecular weight excluding hydrogens is 148 g/mol. The molecule has 1 rings (SSSR count). The molecule has 1 aromatic carbocycles. The molecule has 0 heterocycles. The summed E-state index contributed by atoms with van der Waals surface area (Å²) < 4.78 is 0. The molecule has 1 N–H and O–H groups in total. The van der Waals surface area contributed by atoms with Crippen LogP contribution in [0.25, 0.3) is 0 Å². The third-order valence-corrected chi connectivity index (χ3v) is 2.33. The quantitative estimate of drug-likeness (QED) is 0.711. The average Bonchev–Trinajstić information content (AvgIpc) is 2.08. The fraction of sp³-hybridized carbons (Fsp3) is 0.455. The van der Waals surface area contributed by atoms with Crippen LogP contribution in [0.2, 0.25) is 0 Å². The Hall–Kier alpha value is -0.980. The summed E-state index contributed by atoms with van der Waals surface area (Å²) in [6.07, 6.45) is 1.07. The molecule has 0 aromatic heterocycles. The van der Waals surface area contributed by atoms with Crippen molar-refractivity contribution in [3.8, 4) is 5.75 Å². The molecule has 0 amide bonds. The Balaban J connectivity index is 3.04. The van der Waals surface area contributed by atoms with Crippen molar-refractivity contribution >= 4 is 0 Å². The van der Waals surface area contributed by atoms with Gasteiger partial charge in [0.2, 0.25) is 0 Å². The van der Waals surface area contributed by atoms with Crippen LogP contribution < -0.4 is 0 Å². The molecule has 12 heavy (non-hydrogen) atoms. The maximum Gasteiger partial charge on any atom is 0.119 e. The highest BCUT2D eigenvalue weighted by atomic mass is 16.3. The van der Waals surface area contributed by atoms with Crippen molar-refractivity contribution in [2.24, 2.45) is 0 Å². The second-order valence-corrected chi connectivity index (χ2v) is 3.37. The third-order valence-electron chi connectivity index (χ3n) is 2.33. The predicted octanol–water partition coefficient (Wildman–Crippen LogP) is 3.21. The van der Waals surface area contributed by atoms with E-state index in [9.17, 15) is 5.11 Å². The molecule has 0 spiro atoms. The first kappa shape index (κ1) is 9.11. The zero-order valence-corrected chi connectivity index (χ0v) is 7.96. The van der Waals surface area contributed by atoms with Crippen molar-refractivity contribution in [1.29, 1.82) is 0 Å². The van der Waals surface area contributed by atoms with Gasteiger partial charge in [0.1, 0.15) is 5.75 Å². The molecule has 1 heteroatoms. The van der Waals surface area contributed by atoms with Crippen molar-refractivity contribution in [3.63, 3.8) is 0 Å². The fourth-order valence-electron chi connectivity index (χ4n) is 1.29. The summed E-state index contributed by atoms with van der Waals surface area (Å²) in [6, 6.07) is 5.77. The van der Waals surface area contributed by atoms with Gasteiger partial charge in [-0.1, -0.05) is 31.5 Å². The fourth-order valence-corrected chi connectivity index (χ4v) is 1.29. The number of rotatable bonds is 2. The molecule has 0 aliphatic rings. The van der Waals surface area contributed by atoms with E-state index in [0.717, 1.165) is 12.0 Å². The molecule has 0 aliphatic heterocycles. The van der Waals surface area contributed by atoms with E-state index in [0.29, 0.717) is 11.7 Å². The number of phenolic OH excluding ortho intramolecular Hbond substituents is 1. The van der Waals surface area contributed by atoms with Gasteiger partial charge in [-0.2, -0.15) is 0 Å². The Morgan fingerprint density at radius 1 is 1.42 bits per heavy atom. The van der Waals surface area contributed by atoms with Crippen LogP contribution in [0.1, 0.15) is 37.3 Å². The maximum absolute atomic E-state index is 9.54. The lowest BCUT2D eigenvalue weighted by Crippen LogP contribution is -1.92. The topological polar surface area (TPSA) is 20.2 Å². The normalized spacial score (nSPS) is 12.9. The van der Waals surface area contributed by atoms with Crippen LogP contribution in [0.15, 0.2) is 18.2 Å². The van der Waals surface area contributed by atoms with Crippen LogP contribution in [0.4, 0.5) is 0 Å². The van der Waals surface area contributed by atoms with Crippen LogP contribution in [-0.2, 0) is 0 Å². The molecule has 0 radical (unpaired) electrons. The number of hydrogen-bond donors (Lipinski definition) is 1. The van der Waals surface area contributed by atoms with E-state index in [-0.39, 0.29) is 0 Å². The molecular formula is C11H16O. The zero-order valence-electron chi connectivity index (χ0n) is 7.96. The average molecular weight is 164 g/mol. The molecule has 1 unspecified atom stereocenters. The molecule has 0 saturated heterocycles. The smallest absolute Gasteiger partial charge is 0.119 e. The summed E-state index contributed by atoms with van der Waals surface area (Å²) in [5.41, 5.74) is 2.28. The molecule has 1 atom stereocenters. The minimum Gasteiger partial charge on any atom is -0.508 e. The first-order valence-electron chi connectivity index (χ1n) is 4.44. The van der Waals surface area contributed by atoms with Gasteiger partial charge in [-0.05, 0) is 30.9 Å². The van der Waals surface area contributed by atoms with Gasteiger partial charge in [-0.25, -0.2) is 0 Å². The Morgan fingerprint density at radius 2 is 2.08 bits per heavy atom. The molecule has 0 saturated carbocycles. The second kappa shape index (κ2) is 3.61. The lowest BCUT2D eigenvalue weighted by molar-refractivity contribution is 0.461.